The fraction of sp³-hybridized carbons (Fsp3) is 0.722. The average Bonchev–Trinajstić information content (AvgIpc) is 3.08. The van der Waals surface area contributed by atoms with Crippen molar-refractivity contribution in [3.63, 3.8) is 0 Å². The highest BCUT2D eigenvalue weighted by molar-refractivity contribution is 7.09. The summed E-state index contributed by atoms with van der Waals surface area (Å²) in [6, 6.07) is 0.299. The number of nitrogens with one attached hydrogen (secondary N) is 2. The number of rotatable bonds is 4. The summed E-state index contributed by atoms with van der Waals surface area (Å²) >= 11 is 1.67. The first-order valence-corrected chi connectivity index (χ1v) is 10.0. The quantitative estimate of drug-likeness (QED) is 0.619. The largest absolute Gasteiger partial charge is 0.450 e. The minimum Gasteiger partial charge on any atom is -0.450 e. The van der Waals surface area contributed by atoms with Gasteiger partial charge in [0.05, 0.1) is 18.8 Å². The van der Waals surface area contributed by atoms with Crippen LogP contribution < -0.4 is 10.6 Å². The van der Waals surface area contributed by atoms with Crippen molar-refractivity contribution in [2.24, 2.45) is 4.99 Å². The summed E-state index contributed by atoms with van der Waals surface area (Å²) < 4.78 is 5.06. The molecule has 0 radical (unpaired) electrons. The van der Waals surface area contributed by atoms with E-state index in [4.69, 9.17) is 9.72 Å². The van der Waals surface area contributed by atoms with Crippen LogP contribution in [0.5, 0.6) is 0 Å². The highest BCUT2D eigenvalue weighted by Crippen LogP contribution is 2.23. The smallest absolute Gasteiger partial charge is 0.409 e. The molecule has 2 N–H and O–H groups in total. The molecule has 0 aromatic carbocycles. The molecule has 146 valence electrons. The van der Waals surface area contributed by atoms with E-state index < -0.39 is 0 Å². The zero-order valence-electron chi connectivity index (χ0n) is 16.5. The number of likely N-dealkylation sites (tertiary alicyclic amines) is 1. The molecule has 8 heteroatoms. The van der Waals surface area contributed by atoms with Crippen molar-refractivity contribution in [1.29, 1.82) is 0 Å². The number of hydrogen-bond donors (Lipinski definition) is 2. The third-order valence-electron chi connectivity index (χ3n) is 4.31. The maximum atomic E-state index is 11.8. The first kappa shape index (κ1) is 20.5. The summed E-state index contributed by atoms with van der Waals surface area (Å²) in [5.41, 5.74) is 1.19. The van der Waals surface area contributed by atoms with Gasteiger partial charge in [0.1, 0.15) is 5.01 Å². The van der Waals surface area contributed by atoms with Crippen molar-refractivity contribution in [1.82, 2.24) is 20.5 Å². The Morgan fingerprint density at radius 3 is 2.65 bits per heavy atom. The minimum absolute atomic E-state index is 0.0710. The van der Waals surface area contributed by atoms with E-state index >= 15 is 0 Å². The highest BCUT2D eigenvalue weighted by Gasteiger charge is 2.24. The minimum atomic E-state index is -0.216. The lowest BCUT2D eigenvalue weighted by molar-refractivity contribution is 0.0963. The first-order valence-electron chi connectivity index (χ1n) is 9.17. The van der Waals surface area contributed by atoms with Gasteiger partial charge >= 0.3 is 6.09 Å². The molecule has 0 aliphatic carbocycles. The molecule has 1 aliphatic heterocycles. The molecule has 1 aliphatic rings. The number of carbonyl (C=O) groups is 1. The van der Waals surface area contributed by atoms with E-state index in [1.54, 1.807) is 23.3 Å². The van der Waals surface area contributed by atoms with Gasteiger partial charge in [0, 0.05) is 37.0 Å². The molecule has 1 aromatic rings. The number of hydrogen-bond acceptors (Lipinski definition) is 5. The summed E-state index contributed by atoms with van der Waals surface area (Å²) in [5.74, 6) is 0.770. The van der Waals surface area contributed by atoms with Crippen LogP contribution >= 0.6 is 11.3 Å². The lowest BCUT2D eigenvalue weighted by Gasteiger charge is -2.32. The number of amides is 1. The number of guanidine groups is 1. The summed E-state index contributed by atoms with van der Waals surface area (Å²) in [7, 11) is 1.77. The van der Waals surface area contributed by atoms with Crippen molar-refractivity contribution >= 4 is 23.4 Å². The van der Waals surface area contributed by atoms with Gasteiger partial charge in [-0.3, -0.25) is 4.99 Å². The third-order valence-corrected chi connectivity index (χ3v) is 5.16. The van der Waals surface area contributed by atoms with Gasteiger partial charge in [0.2, 0.25) is 0 Å². The monoisotopic (exact) mass is 381 g/mol. The topological polar surface area (TPSA) is 78.8 Å². The molecule has 0 spiro atoms. The van der Waals surface area contributed by atoms with Gasteiger partial charge < -0.3 is 20.3 Å². The van der Waals surface area contributed by atoms with Crippen LogP contribution in [0.4, 0.5) is 4.79 Å². The fourth-order valence-electron chi connectivity index (χ4n) is 2.71. The van der Waals surface area contributed by atoms with Crippen molar-refractivity contribution in [3.05, 3.63) is 16.1 Å². The number of ether oxygens (including phenoxy) is 1. The van der Waals surface area contributed by atoms with Crippen molar-refractivity contribution in [2.75, 3.05) is 26.7 Å². The van der Waals surface area contributed by atoms with Crippen LogP contribution in [0, 0.1) is 0 Å². The summed E-state index contributed by atoms with van der Waals surface area (Å²) in [5, 5.41) is 9.95. The van der Waals surface area contributed by atoms with E-state index in [0.29, 0.717) is 32.3 Å². The average molecular weight is 382 g/mol. The van der Waals surface area contributed by atoms with Crippen LogP contribution in [-0.4, -0.2) is 54.7 Å². The lowest BCUT2D eigenvalue weighted by Crippen LogP contribution is -2.49. The van der Waals surface area contributed by atoms with Gasteiger partial charge in [0.25, 0.3) is 0 Å². The molecule has 0 saturated carbocycles. The van der Waals surface area contributed by atoms with E-state index in [0.717, 1.165) is 29.5 Å². The lowest BCUT2D eigenvalue weighted by atomic mass is 9.93. The number of carbonyl (C=O) groups excluding carboxylic acids is 1. The standard InChI is InChI=1S/C18H31N5O2S/c1-6-25-17(24)23-9-7-13(8-10-23)21-16(19-5)20-11-15-22-14(12-26-15)18(2,3)4/h12-13H,6-11H2,1-5H3,(H2,19,20,21). The molecule has 1 fully saturated rings. The molecule has 1 amide bonds. The van der Waals surface area contributed by atoms with Crippen LogP contribution in [0.3, 0.4) is 0 Å². The SMILES string of the molecule is CCOC(=O)N1CCC(NC(=NC)NCc2nc(C(C)(C)C)cs2)CC1. The molecular weight excluding hydrogens is 350 g/mol. The zero-order chi connectivity index (χ0) is 19.2. The van der Waals surface area contributed by atoms with Gasteiger partial charge in [-0.15, -0.1) is 11.3 Å². The number of aromatic nitrogens is 1. The molecule has 0 atom stereocenters. The second-order valence-corrected chi connectivity index (χ2v) is 8.35. The predicted octanol–water partition coefficient (Wildman–Crippen LogP) is 2.73. The number of aliphatic imine (C=N–C) groups is 1. The second kappa shape index (κ2) is 9.21. The van der Waals surface area contributed by atoms with Crippen molar-refractivity contribution in [3.8, 4) is 0 Å². The Balaban J connectivity index is 1.78. The van der Waals surface area contributed by atoms with Gasteiger partial charge in [-0.25, -0.2) is 9.78 Å². The van der Waals surface area contributed by atoms with E-state index in [-0.39, 0.29) is 11.5 Å². The molecule has 2 heterocycles. The maximum Gasteiger partial charge on any atom is 0.409 e. The van der Waals surface area contributed by atoms with Gasteiger partial charge in [-0.2, -0.15) is 0 Å². The van der Waals surface area contributed by atoms with Gasteiger partial charge in [0.15, 0.2) is 5.96 Å². The van der Waals surface area contributed by atoms with Gasteiger partial charge in [-0.1, -0.05) is 20.8 Å². The predicted molar refractivity (Wildman–Crippen MR) is 106 cm³/mol. The van der Waals surface area contributed by atoms with Crippen molar-refractivity contribution in [2.45, 2.75) is 58.5 Å². The maximum absolute atomic E-state index is 11.8. The summed E-state index contributed by atoms with van der Waals surface area (Å²) in [4.78, 5) is 22.5. The molecule has 26 heavy (non-hydrogen) atoms. The first-order chi connectivity index (χ1) is 12.3. The molecule has 7 nitrogen and oxygen atoms in total. The van der Waals surface area contributed by atoms with Gasteiger partial charge in [-0.05, 0) is 19.8 Å². The van der Waals surface area contributed by atoms with E-state index in [2.05, 4.69) is 41.8 Å². The third kappa shape index (κ3) is 5.86. The summed E-state index contributed by atoms with van der Waals surface area (Å²) in [6.45, 7) is 10.8. The van der Waals surface area contributed by atoms with Crippen molar-refractivity contribution < 1.29 is 9.53 Å². The Morgan fingerprint density at radius 2 is 2.12 bits per heavy atom. The van der Waals surface area contributed by atoms with E-state index in [1.807, 2.05) is 6.92 Å². The van der Waals surface area contributed by atoms with Crippen LogP contribution in [0.1, 0.15) is 51.2 Å². The Bertz CT molecular complexity index is 615. The van der Waals surface area contributed by atoms with E-state index in [1.165, 1.54) is 0 Å². The van der Waals surface area contributed by atoms with Crippen LogP contribution in [0.15, 0.2) is 10.4 Å². The molecule has 1 saturated heterocycles. The fourth-order valence-corrected chi connectivity index (χ4v) is 3.67. The molecule has 0 bridgehead atoms. The molecule has 2 rings (SSSR count). The summed E-state index contributed by atoms with van der Waals surface area (Å²) in [6.07, 6.45) is 1.54. The normalized spacial score (nSPS) is 16.5. The Morgan fingerprint density at radius 1 is 1.42 bits per heavy atom. The highest BCUT2D eigenvalue weighted by atomic mass is 32.1. The Kier molecular flexibility index (Phi) is 7.25. The number of piperidine rings is 1. The molecule has 0 unspecified atom stereocenters. The number of nitrogens with zero attached hydrogens (tertiary/aromatic N) is 3. The van der Waals surface area contributed by atoms with E-state index in [9.17, 15) is 4.79 Å². The van der Waals surface area contributed by atoms with Crippen LogP contribution in [-0.2, 0) is 16.7 Å². The Labute approximate surface area is 160 Å². The number of thiazole rings is 1. The molecule has 1 aromatic heterocycles. The van der Waals surface area contributed by atoms with Crippen LogP contribution in [0.25, 0.3) is 0 Å². The van der Waals surface area contributed by atoms with Crippen LogP contribution in [0.2, 0.25) is 0 Å². The Hall–Kier alpha value is -1.83. The molecular formula is C18H31N5O2S. The second-order valence-electron chi connectivity index (χ2n) is 7.41. The zero-order valence-corrected chi connectivity index (χ0v) is 17.3.